The molecule has 1 aliphatic carbocycles. The Morgan fingerprint density at radius 1 is 1.21 bits per heavy atom. The Morgan fingerprint density at radius 2 is 1.90 bits per heavy atom. The van der Waals surface area contributed by atoms with Crippen molar-refractivity contribution >= 4 is 41.8 Å². The SMILES string of the molecule is CNCCC1CCN(C(=O)c2cc(C3CC3)nc3c2cnn3C(C)C)CC1.Cl.Cl. The third-order valence-electron chi connectivity index (χ3n) is 6.01. The highest BCUT2D eigenvalue weighted by atomic mass is 35.5. The molecule has 0 atom stereocenters. The summed E-state index contributed by atoms with van der Waals surface area (Å²) in [5.41, 5.74) is 2.72. The number of aromatic nitrogens is 3. The highest BCUT2D eigenvalue weighted by Gasteiger charge is 2.30. The van der Waals surface area contributed by atoms with Gasteiger partial charge in [-0.05, 0) is 71.5 Å². The molecule has 2 aliphatic rings. The van der Waals surface area contributed by atoms with Gasteiger partial charge in [-0.1, -0.05) is 0 Å². The fraction of sp³-hybridized carbons (Fsp3) is 0.667. The van der Waals surface area contributed by atoms with Gasteiger partial charge in [-0.15, -0.1) is 24.8 Å². The molecule has 8 heteroatoms. The first-order chi connectivity index (χ1) is 13.1. The lowest BCUT2D eigenvalue weighted by Crippen LogP contribution is -2.39. The van der Waals surface area contributed by atoms with Crippen LogP contribution in [0.15, 0.2) is 12.3 Å². The summed E-state index contributed by atoms with van der Waals surface area (Å²) in [5, 5.41) is 8.66. The van der Waals surface area contributed by atoms with Crippen LogP contribution >= 0.6 is 24.8 Å². The Labute approximate surface area is 185 Å². The molecule has 0 unspecified atom stereocenters. The lowest BCUT2D eigenvalue weighted by atomic mass is 9.93. The number of hydrogen-bond donors (Lipinski definition) is 1. The van der Waals surface area contributed by atoms with Crippen LogP contribution in [0.3, 0.4) is 0 Å². The number of carbonyl (C=O) groups is 1. The summed E-state index contributed by atoms with van der Waals surface area (Å²) in [6, 6.07) is 2.28. The van der Waals surface area contributed by atoms with Crippen molar-refractivity contribution in [1.29, 1.82) is 0 Å². The van der Waals surface area contributed by atoms with E-state index < -0.39 is 0 Å². The minimum atomic E-state index is 0. The second-order valence-electron chi connectivity index (χ2n) is 8.42. The van der Waals surface area contributed by atoms with Crippen LogP contribution in [0.25, 0.3) is 11.0 Å². The Hall–Kier alpha value is -1.37. The number of rotatable bonds is 6. The van der Waals surface area contributed by atoms with Crippen molar-refractivity contribution in [3.05, 3.63) is 23.5 Å². The van der Waals surface area contributed by atoms with Crippen LogP contribution in [0.1, 0.15) is 74.0 Å². The van der Waals surface area contributed by atoms with E-state index in [9.17, 15) is 4.79 Å². The average Bonchev–Trinajstić information content (AvgIpc) is 3.44. The number of nitrogens with one attached hydrogen (secondary N) is 1. The number of likely N-dealkylation sites (tertiary alicyclic amines) is 1. The van der Waals surface area contributed by atoms with Crippen molar-refractivity contribution in [3.8, 4) is 0 Å². The summed E-state index contributed by atoms with van der Waals surface area (Å²) in [7, 11) is 2.00. The molecule has 162 valence electrons. The fourth-order valence-electron chi connectivity index (χ4n) is 4.12. The first-order valence-corrected chi connectivity index (χ1v) is 10.4. The molecule has 29 heavy (non-hydrogen) atoms. The van der Waals surface area contributed by atoms with E-state index in [0.29, 0.717) is 5.92 Å². The molecule has 2 aromatic rings. The van der Waals surface area contributed by atoms with Gasteiger partial charge in [0.25, 0.3) is 5.91 Å². The Morgan fingerprint density at radius 3 is 2.48 bits per heavy atom. The van der Waals surface area contributed by atoms with Crippen LogP contribution in [0.2, 0.25) is 0 Å². The van der Waals surface area contributed by atoms with E-state index in [4.69, 9.17) is 4.98 Å². The largest absolute Gasteiger partial charge is 0.339 e. The second kappa shape index (κ2) is 10.1. The monoisotopic (exact) mass is 441 g/mol. The van der Waals surface area contributed by atoms with Crippen molar-refractivity contribution < 1.29 is 4.79 Å². The van der Waals surface area contributed by atoms with Gasteiger partial charge in [0, 0.05) is 30.7 Å². The lowest BCUT2D eigenvalue weighted by molar-refractivity contribution is 0.0689. The molecule has 0 bridgehead atoms. The molecule has 1 amide bonds. The maximum Gasteiger partial charge on any atom is 0.254 e. The molecule has 2 aromatic heterocycles. The summed E-state index contributed by atoms with van der Waals surface area (Å²) in [6.45, 7) is 6.98. The second-order valence-corrected chi connectivity index (χ2v) is 8.42. The molecule has 6 nitrogen and oxygen atoms in total. The first-order valence-electron chi connectivity index (χ1n) is 10.4. The number of nitrogens with zero attached hydrogens (tertiary/aromatic N) is 4. The van der Waals surface area contributed by atoms with Crippen molar-refractivity contribution in [3.63, 3.8) is 0 Å². The summed E-state index contributed by atoms with van der Waals surface area (Å²) < 4.78 is 1.95. The number of fused-ring (bicyclic) bond motifs is 1. The summed E-state index contributed by atoms with van der Waals surface area (Å²) in [5.74, 6) is 1.40. The number of carbonyl (C=O) groups excluding carboxylic acids is 1. The Bertz CT molecular complexity index is 826. The van der Waals surface area contributed by atoms with E-state index in [-0.39, 0.29) is 36.8 Å². The Balaban J connectivity index is 0.00000150. The van der Waals surface area contributed by atoms with Crippen LogP contribution in [-0.2, 0) is 0 Å². The van der Waals surface area contributed by atoms with Crippen LogP contribution in [0.4, 0.5) is 0 Å². The van der Waals surface area contributed by atoms with Gasteiger partial charge in [0.05, 0.1) is 17.1 Å². The molecule has 3 heterocycles. The van der Waals surface area contributed by atoms with Gasteiger partial charge in [0.2, 0.25) is 0 Å². The van der Waals surface area contributed by atoms with Gasteiger partial charge in [-0.2, -0.15) is 5.10 Å². The van der Waals surface area contributed by atoms with E-state index >= 15 is 0 Å². The molecular formula is C21H33Cl2N5O. The standard InChI is InChI=1S/C21H31N5O.2ClH/c1-14(2)26-20-18(13-23-26)17(12-19(24-20)16-4-5-16)21(27)25-10-7-15(8-11-25)6-9-22-3;;/h12-16,22H,4-11H2,1-3H3;2*1H. The van der Waals surface area contributed by atoms with Crippen molar-refractivity contribution in [2.45, 2.75) is 57.9 Å². The average molecular weight is 442 g/mol. The number of halogens is 2. The first kappa shape index (κ1) is 23.9. The van der Waals surface area contributed by atoms with Gasteiger partial charge in [-0.3, -0.25) is 4.79 Å². The smallest absolute Gasteiger partial charge is 0.254 e. The van der Waals surface area contributed by atoms with Gasteiger partial charge in [0.15, 0.2) is 5.65 Å². The molecule has 4 rings (SSSR count). The third-order valence-corrected chi connectivity index (χ3v) is 6.01. The van der Waals surface area contributed by atoms with Crippen molar-refractivity contribution in [1.82, 2.24) is 25.0 Å². The highest BCUT2D eigenvalue weighted by molar-refractivity contribution is 6.05. The van der Waals surface area contributed by atoms with E-state index in [1.165, 1.54) is 19.3 Å². The molecule has 1 saturated carbocycles. The van der Waals surface area contributed by atoms with Crippen LogP contribution in [-0.4, -0.2) is 52.3 Å². The number of amides is 1. The van der Waals surface area contributed by atoms with Crippen molar-refractivity contribution in [2.75, 3.05) is 26.7 Å². The maximum atomic E-state index is 13.4. The maximum absolute atomic E-state index is 13.4. The molecule has 1 aliphatic heterocycles. The highest BCUT2D eigenvalue weighted by Crippen LogP contribution is 2.40. The van der Waals surface area contributed by atoms with Gasteiger partial charge >= 0.3 is 0 Å². The van der Waals surface area contributed by atoms with Gasteiger partial charge in [0.1, 0.15) is 0 Å². The zero-order valence-electron chi connectivity index (χ0n) is 17.6. The predicted octanol–water partition coefficient (Wildman–Crippen LogP) is 4.19. The van der Waals surface area contributed by atoms with Crippen LogP contribution in [0.5, 0.6) is 0 Å². The summed E-state index contributed by atoms with van der Waals surface area (Å²) >= 11 is 0. The topological polar surface area (TPSA) is 63.1 Å². The molecule has 0 radical (unpaired) electrons. The predicted molar refractivity (Wildman–Crippen MR) is 122 cm³/mol. The lowest BCUT2D eigenvalue weighted by Gasteiger charge is -2.32. The number of hydrogen-bond acceptors (Lipinski definition) is 4. The Kier molecular flexibility index (Phi) is 8.32. The molecule has 2 fully saturated rings. The number of pyridine rings is 1. The van der Waals surface area contributed by atoms with E-state index in [0.717, 1.165) is 60.7 Å². The molecular weight excluding hydrogens is 409 g/mol. The molecule has 0 aromatic carbocycles. The van der Waals surface area contributed by atoms with Crippen LogP contribution in [0, 0.1) is 5.92 Å². The van der Waals surface area contributed by atoms with Crippen LogP contribution < -0.4 is 5.32 Å². The minimum Gasteiger partial charge on any atom is -0.339 e. The van der Waals surface area contributed by atoms with Gasteiger partial charge < -0.3 is 10.2 Å². The fourth-order valence-corrected chi connectivity index (χ4v) is 4.12. The van der Waals surface area contributed by atoms with E-state index in [2.05, 4.69) is 24.3 Å². The third kappa shape index (κ3) is 5.04. The molecule has 1 saturated heterocycles. The number of piperidine rings is 1. The normalized spacial score (nSPS) is 17.3. The van der Waals surface area contributed by atoms with Crippen molar-refractivity contribution in [2.24, 2.45) is 5.92 Å². The molecule has 1 N–H and O–H groups in total. The zero-order valence-corrected chi connectivity index (χ0v) is 19.2. The zero-order chi connectivity index (χ0) is 19.0. The molecule has 0 spiro atoms. The summed E-state index contributed by atoms with van der Waals surface area (Å²) in [6.07, 6.45) is 7.58. The quantitative estimate of drug-likeness (QED) is 0.729. The minimum absolute atomic E-state index is 0. The van der Waals surface area contributed by atoms with E-state index in [1.807, 2.05) is 28.9 Å². The van der Waals surface area contributed by atoms with E-state index in [1.54, 1.807) is 0 Å². The summed E-state index contributed by atoms with van der Waals surface area (Å²) in [4.78, 5) is 20.3. The van der Waals surface area contributed by atoms with Gasteiger partial charge in [-0.25, -0.2) is 9.67 Å².